The van der Waals surface area contributed by atoms with E-state index in [-0.39, 0.29) is 17.9 Å². The number of rotatable bonds is 3. The molecule has 1 atom stereocenters. The van der Waals surface area contributed by atoms with E-state index in [1.807, 2.05) is 6.92 Å². The second kappa shape index (κ2) is 7.20. The molecule has 1 fully saturated rings. The van der Waals surface area contributed by atoms with Crippen LogP contribution >= 0.6 is 0 Å². The number of aromatic nitrogens is 2. The van der Waals surface area contributed by atoms with Crippen molar-refractivity contribution in [2.75, 3.05) is 25.0 Å². The highest BCUT2D eigenvalue weighted by Crippen LogP contribution is 2.16. The average Bonchev–Trinajstić information content (AvgIpc) is 3.16. The third-order valence-corrected chi connectivity index (χ3v) is 4.60. The van der Waals surface area contributed by atoms with Gasteiger partial charge in [-0.2, -0.15) is 0 Å². The molecule has 0 saturated carbocycles. The zero-order chi connectivity index (χ0) is 18.8. The molecule has 2 amide bonds. The van der Waals surface area contributed by atoms with E-state index in [1.165, 1.54) is 0 Å². The van der Waals surface area contributed by atoms with Gasteiger partial charge in [-0.3, -0.25) is 9.59 Å². The number of carbonyl (C=O) groups excluding carboxylic acids is 2. The van der Waals surface area contributed by atoms with Crippen molar-refractivity contribution < 1.29 is 14.3 Å². The van der Waals surface area contributed by atoms with Crippen molar-refractivity contribution in [1.82, 2.24) is 14.9 Å². The van der Waals surface area contributed by atoms with E-state index in [0.29, 0.717) is 36.5 Å². The van der Waals surface area contributed by atoms with Crippen LogP contribution in [0.15, 0.2) is 48.8 Å². The number of H-pyrrole nitrogens is 1. The molecule has 0 aliphatic carbocycles. The van der Waals surface area contributed by atoms with Crippen LogP contribution in [0.5, 0.6) is 0 Å². The summed E-state index contributed by atoms with van der Waals surface area (Å²) >= 11 is 0. The second-order valence-electron chi connectivity index (χ2n) is 6.60. The number of benzene rings is 2. The van der Waals surface area contributed by atoms with Crippen LogP contribution in [0.2, 0.25) is 0 Å². The maximum absolute atomic E-state index is 12.6. The smallest absolute Gasteiger partial charge is 0.255 e. The first kappa shape index (κ1) is 17.2. The van der Waals surface area contributed by atoms with Crippen LogP contribution < -0.4 is 5.32 Å². The van der Waals surface area contributed by atoms with Gasteiger partial charge in [-0.1, -0.05) is 0 Å². The van der Waals surface area contributed by atoms with E-state index >= 15 is 0 Å². The van der Waals surface area contributed by atoms with Crippen molar-refractivity contribution in [2.45, 2.75) is 13.0 Å². The minimum absolute atomic E-state index is 0.0206. The molecular weight excluding hydrogens is 344 g/mol. The Hall–Kier alpha value is -3.19. The van der Waals surface area contributed by atoms with Crippen molar-refractivity contribution in [3.05, 3.63) is 59.9 Å². The lowest BCUT2D eigenvalue weighted by atomic mass is 10.1. The minimum atomic E-state index is -0.215. The van der Waals surface area contributed by atoms with Crippen LogP contribution in [-0.4, -0.2) is 52.5 Å². The molecule has 0 spiro atoms. The van der Waals surface area contributed by atoms with Crippen molar-refractivity contribution in [3.63, 3.8) is 0 Å². The number of aromatic amines is 1. The molecule has 7 heteroatoms. The fraction of sp³-hybridized carbons (Fsp3) is 0.250. The summed E-state index contributed by atoms with van der Waals surface area (Å²) in [6.45, 7) is 3.70. The van der Waals surface area contributed by atoms with Gasteiger partial charge in [-0.15, -0.1) is 0 Å². The van der Waals surface area contributed by atoms with Crippen LogP contribution in [0.3, 0.4) is 0 Å². The van der Waals surface area contributed by atoms with Crippen molar-refractivity contribution in [3.8, 4) is 0 Å². The van der Waals surface area contributed by atoms with Crippen LogP contribution in [-0.2, 0) is 4.74 Å². The number of carbonyl (C=O) groups is 2. The molecular formula is C20H20N4O3. The summed E-state index contributed by atoms with van der Waals surface area (Å²) in [7, 11) is 0. The predicted octanol–water partition coefficient (Wildman–Crippen LogP) is 2.68. The number of anilines is 1. The fourth-order valence-electron chi connectivity index (χ4n) is 3.16. The summed E-state index contributed by atoms with van der Waals surface area (Å²) in [5.41, 5.74) is 3.39. The van der Waals surface area contributed by atoms with E-state index in [4.69, 9.17) is 4.74 Å². The first-order valence-electron chi connectivity index (χ1n) is 8.85. The van der Waals surface area contributed by atoms with Crippen LogP contribution in [0, 0.1) is 0 Å². The number of amides is 2. The SMILES string of the molecule is CC1CN(C(=O)c2ccc(NC(=O)c3ccc4nc[nH]c4c3)cc2)CCO1. The lowest BCUT2D eigenvalue weighted by Gasteiger charge is -2.31. The number of nitrogens with zero attached hydrogens (tertiary/aromatic N) is 2. The monoisotopic (exact) mass is 364 g/mol. The highest BCUT2D eigenvalue weighted by Gasteiger charge is 2.22. The Labute approximate surface area is 156 Å². The summed E-state index contributed by atoms with van der Waals surface area (Å²) in [6.07, 6.45) is 1.64. The number of hydrogen-bond acceptors (Lipinski definition) is 4. The van der Waals surface area contributed by atoms with Crippen LogP contribution in [0.4, 0.5) is 5.69 Å². The van der Waals surface area contributed by atoms with Gasteiger partial charge in [0.25, 0.3) is 11.8 Å². The van der Waals surface area contributed by atoms with Crippen molar-refractivity contribution in [2.24, 2.45) is 0 Å². The first-order chi connectivity index (χ1) is 13.1. The Balaban J connectivity index is 1.44. The summed E-state index contributed by atoms with van der Waals surface area (Å²) in [4.78, 5) is 33.9. The molecule has 0 bridgehead atoms. The maximum Gasteiger partial charge on any atom is 0.255 e. The van der Waals surface area contributed by atoms with Crippen LogP contribution in [0.1, 0.15) is 27.6 Å². The van der Waals surface area contributed by atoms with Gasteiger partial charge in [-0.25, -0.2) is 4.98 Å². The lowest BCUT2D eigenvalue weighted by Crippen LogP contribution is -2.44. The zero-order valence-electron chi connectivity index (χ0n) is 14.9. The van der Waals surface area contributed by atoms with Crippen molar-refractivity contribution >= 4 is 28.5 Å². The predicted molar refractivity (Wildman–Crippen MR) is 102 cm³/mol. The third-order valence-electron chi connectivity index (χ3n) is 4.60. The van der Waals surface area contributed by atoms with Gasteiger partial charge in [0, 0.05) is 29.9 Å². The summed E-state index contributed by atoms with van der Waals surface area (Å²) in [5, 5.41) is 2.85. The second-order valence-corrected chi connectivity index (χ2v) is 6.60. The summed E-state index contributed by atoms with van der Waals surface area (Å²) in [6, 6.07) is 12.2. The Morgan fingerprint density at radius 1 is 1.19 bits per heavy atom. The molecule has 2 heterocycles. The topological polar surface area (TPSA) is 87.3 Å². The Morgan fingerprint density at radius 3 is 2.74 bits per heavy atom. The molecule has 2 aromatic carbocycles. The molecule has 2 N–H and O–H groups in total. The molecule has 1 aliphatic heterocycles. The van der Waals surface area contributed by atoms with E-state index in [9.17, 15) is 9.59 Å². The highest BCUT2D eigenvalue weighted by atomic mass is 16.5. The van der Waals surface area contributed by atoms with E-state index < -0.39 is 0 Å². The minimum Gasteiger partial charge on any atom is -0.375 e. The highest BCUT2D eigenvalue weighted by molar-refractivity contribution is 6.06. The number of fused-ring (bicyclic) bond motifs is 1. The molecule has 1 aliphatic rings. The van der Waals surface area contributed by atoms with E-state index in [0.717, 1.165) is 11.0 Å². The number of hydrogen-bond donors (Lipinski definition) is 2. The zero-order valence-corrected chi connectivity index (χ0v) is 14.9. The van der Waals surface area contributed by atoms with Gasteiger partial charge in [-0.05, 0) is 49.4 Å². The number of nitrogens with one attached hydrogen (secondary N) is 2. The van der Waals surface area contributed by atoms with Gasteiger partial charge in [0.2, 0.25) is 0 Å². The normalized spacial score (nSPS) is 17.1. The molecule has 1 unspecified atom stereocenters. The Morgan fingerprint density at radius 2 is 1.96 bits per heavy atom. The maximum atomic E-state index is 12.6. The van der Waals surface area contributed by atoms with E-state index in [2.05, 4.69) is 15.3 Å². The van der Waals surface area contributed by atoms with Gasteiger partial charge in [0.05, 0.1) is 30.1 Å². The molecule has 1 aromatic heterocycles. The molecule has 1 saturated heterocycles. The quantitative estimate of drug-likeness (QED) is 0.748. The third kappa shape index (κ3) is 3.68. The summed E-state index contributed by atoms with van der Waals surface area (Å²) < 4.78 is 5.47. The van der Waals surface area contributed by atoms with Crippen LogP contribution in [0.25, 0.3) is 11.0 Å². The molecule has 7 nitrogen and oxygen atoms in total. The largest absolute Gasteiger partial charge is 0.375 e. The molecule has 138 valence electrons. The van der Waals surface area contributed by atoms with Gasteiger partial charge in [0.1, 0.15) is 0 Å². The molecule has 0 radical (unpaired) electrons. The lowest BCUT2D eigenvalue weighted by molar-refractivity contribution is -0.0124. The number of imidazole rings is 1. The first-order valence-corrected chi connectivity index (χ1v) is 8.85. The van der Waals surface area contributed by atoms with Gasteiger partial charge >= 0.3 is 0 Å². The summed E-state index contributed by atoms with van der Waals surface area (Å²) in [5.74, 6) is -0.236. The average molecular weight is 364 g/mol. The molecule has 4 rings (SSSR count). The number of morpholine rings is 1. The van der Waals surface area contributed by atoms with Gasteiger partial charge < -0.3 is 19.9 Å². The standard InChI is InChI=1S/C20H20N4O3/c1-13-11-24(8-9-27-13)20(26)14-2-5-16(6-3-14)23-19(25)15-4-7-17-18(10-15)22-12-21-17/h2-7,10,12-13H,8-9,11H2,1H3,(H,21,22)(H,23,25). The Bertz CT molecular complexity index is 980. The molecule has 27 heavy (non-hydrogen) atoms. The van der Waals surface area contributed by atoms with E-state index in [1.54, 1.807) is 53.7 Å². The number of ether oxygens (including phenoxy) is 1. The Kier molecular flexibility index (Phi) is 4.60. The fourth-order valence-corrected chi connectivity index (χ4v) is 3.16. The van der Waals surface area contributed by atoms with Gasteiger partial charge in [0.15, 0.2) is 0 Å². The van der Waals surface area contributed by atoms with Crippen molar-refractivity contribution in [1.29, 1.82) is 0 Å². The molecule has 3 aromatic rings.